The predicted molar refractivity (Wildman–Crippen MR) is 80.0 cm³/mol. The van der Waals surface area contributed by atoms with Crippen molar-refractivity contribution in [2.45, 2.75) is 6.42 Å². The van der Waals surface area contributed by atoms with Crippen LogP contribution in [0.3, 0.4) is 0 Å². The molecule has 112 valence electrons. The maximum absolute atomic E-state index is 12.1. The van der Waals surface area contributed by atoms with Gasteiger partial charge in [-0.1, -0.05) is 0 Å². The molecule has 20 heavy (non-hydrogen) atoms. The summed E-state index contributed by atoms with van der Waals surface area (Å²) in [7, 11) is 3.26. The van der Waals surface area contributed by atoms with Crippen LogP contribution in [0.5, 0.6) is 0 Å². The molecule has 1 rings (SSSR count). The Hall–Kier alpha value is -1.79. The minimum Gasteiger partial charge on any atom is -0.399 e. The number of carbonyl (C=O) groups is 1. The van der Waals surface area contributed by atoms with Crippen LogP contribution in [0.1, 0.15) is 16.8 Å². The van der Waals surface area contributed by atoms with Crippen LogP contribution >= 0.6 is 0 Å². The summed E-state index contributed by atoms with van der Waals surface area (Å²) < 4.78 is 9.89. The van der Waals surface area contributed by atoms with Crippen molar-refractivity contribution in [1.82, 2.24) is 5.32 Å². The van der Waals surface area contributed by atoms with E-state index in [0.29, 0.717) is 31.0 Å². The molecule has 1 aromatic rings. The summed E-state index contributed by atoms with van der Waals surface area (Å²) in [5.41, 5.74) is 7.61. The van der Waals surface area contributed by atoms with E-state index in [1.165, 1.54) is 0 Å². The highest BCUT2D eigenvalue weighted by molar-refractivity contribution is 6.00. The quantitative estimate of drug-likeness (QED) is 0.466. The van der Waals surface area contributed by atoms with E-state index < -0.39 is 0 Å². The Balaban J connectivity index is 2.66. The van der Waals surface area contributed by atoms with Gasteiger partial charge >= 0.3 is 0 Å². The number of nitrogens with one attached hydrogen (secondary N) is 2. The van der Waals surface area contributed by atoms with E-state index >= 15 is 0 Å². The third-order valence-electron chi connectivity index (χ3n) is 2.72. The van der Waals surface area contributed by atoms with E-state index in [1.807, 2.05) is 6.07 Å². The van der Waals surface area contributed by atoms with Crippen molar-refractivity contribution >= 4 is 17.3 Å². The van der Waals surface area contributed by atoms with Gasteiger partial charge in [0.15, 0.2) is 0 Å². The van der Waals surface area contributed by atoms with Crippen LogP contribution in [0.2, 0.25) is 0 Å². The summed E-state index contributed by atoms with van der Waals surface area (Å²) in [6, 6.07) is 5.25. The lowest BCUT2D eigenvalue weighted by molar-refractivity contribution is 0.0938. The number of methoxy groups -OCH3 is 2. The second kappa shape index (κ2) is 9.17. The zero-order valence-corrected chi connectivity index (χ0v) is 12.1. The van der Waals surface area contributed by atoms with Gasteiger partial charge in [-0.3, -0.25) is 4.79 Å². The molecule has 0 aliphatic carbocycles. The Bertz CT molecular complexity index is 424. The Morgan fingerprint density at radius 1 is 1.20 bits per heavy atom. The average molecular weight is 281 g/mol. The molecule has 0 aromatic heterocycles. The smallest absolute Gasteiger partial charge is 0.253 e. The number of rotatable bonds is 9. The summed E-state index contributed by atoms with van der Waals surface area (Å²) in [5.74, 6) is -0.163. The van der Waals surface area contributed by atoms with Crippen molar-refractivity contribution in [3.63, 3.8) is 0 Å². The highest BCUT2D eigenvalue weighted by Gasteiger charge is 2.11. The monoisotopic (exact) mass is 281 g/mol. The Labute approximate surface area is 119 Å². The normalized spacial score (nSPS) is 10.3. The number of anilines is 2. The Morgan fingerprint density at radius 3 is 2.65 bits per heavy atom. The molecule has 0 atom stereocenters. The fourth-order valence-electron chi connectivity index (χ4n) is 1.71. The van der Waals surface area contributed by atoms with Gasteiger partial charge in [-0.25, -0.2) is 0 Å². The summed E-state index contributed by atoms with van der Waals surface area (Å²) in [6.07, 6.45) is 0.867. The zero-order chi connectivity index (χ0) is 14.8. The molecule has 1 aromatic carbocycles. The number of nitrogens with two attached hydrogens (primary N) is 1. The second-order valence-corrected chi connectivity index (χ2v) is 4.33. The van der Waals surface area contributed by atoms with E-state index in [0.717, 1.165) is 18.7 Å². The number of ether oxygens (including phenoxy) is 2. The van der Waals surface area contributed by atoms with Gasteiger partial charge in [0.25, 0.3) is 5.91 Å². The lowest BCUT2D eigenvalue weighted by atomic mass is 10.1. The fraction of sp³-hybridized carbons (Fsp3) is 0.500. The maximum Gasteiger partial charge on any atom is 0.253 e. The SMILES string of the molecule is COCCCNc1ccc(N)cc1C(=O)NCCOC. The molecule has 0 radical (unpaired) electrons. The number of hydrogen-bond donors (Lipinski definition) is 3. The van der Waals surface area contributed by atoms with E-state index in [4.69, 9.17) is 15.2 Å². The van der Waals surface area contributed by atoms with Crippen LogP contribution in [-0.2, 0) is 9.47 Å². The highest BCUT2D eigenvalue weighted by atomic mass is 16.5. The summed E-state index contributed by atoms with van der Waals surface area (Å²) in [4.78, 5) is 12.1. The van der Waals surface area contributed by atoms with E-state index in [-0.39, 0.29) is 5.91 Å². The van der Waals surface area contributed by atoms with Gasteiger partial charge < -0.3 is 25.8 Å². The number of amides is 1. The molecule has 0 saturated carbocycles. The van der Waals surface area contributed by atoms with Crippen LogP contribution in [0.4, 0.5) is 11.4 Å². The molecule has 6 heteroatoms. The number of hydrogen-bond acceptors (Lipinski definition) is 5. The first kappa shape index (κ1) is 16.3. The Morgan fingerprint density at radius 2 is 1.95 bits per heavy atom. The van der Waals surface area contributed by atoms with E-state index in [9.17, 15) is 4.79 Å². The fourth-order valence-corrected chi connectivity index (χ4v) is 1.71. The summed E-state index contributed by atoms with van der Waals surface area (Å²) >= 11 is 0. The minimum atomic E-state index is -0.163. The topological polar surface area (TPSA) is 85.6 Å². The van der Waals surface area contributed by atoms with E-state index in [1.54, 1.807) is 26.4 Å². The predicted octanol–water partition coefficient (Wildman–Crippen LogP) is 1.09. The second-order valence-electron chi connectivity index (χ2n) is 4.33. The molecule has 4 N–H and O–H groups in total. The van der Waals surface area contributed by atoms with Crippen LogP contribution in [0, 0.1) is 0 Å². The molecule has 0 bridgehead atoms. The molecular formula is C14H23N3O3. The highest BCUT2D eigenvalue weighted by Crippen LogP contribution is 2.18. The molecule has 0 unspecified atom stereocenters. The van der Waals surface area contributed by atoms with Gasteiger partial charge in [0, 0.05) is 45.3 Å². The first-order valence-electron chi connectivity index (χ1n) is 6.58. The van der Waals surface area contributed by atoms with E-state index in [2.05, 4.69) is 10.6 Å². The van der Waals surface area contributed by atoms with Crippen molar-refractivity contribution in [3.05, 3.63) is 23.8 Å². The van der Waals surface area contributed by atoms with Crippen LogP contribution in [-0.4, -0.2) is 46.4 Å². The van der Waals surface area contributed by atoms with Gasteiger partial charge in [0.1, 0.15) is 0 Å². The first-order valence-corrected chi connectivity index (χ1v) is 6.58. The lowest BCUT2D eigenvalue weighted by Gasteiger charge is -2.13. The average Bonchev–Trinajstić information content (AvgIpc) is 2.45. The van der Waals surface area contributed by atoms with Crippen molar-refractivity contribution in [2.24, 2.45) is 0 Å². The zero-order valence-electron chi connectivity index (χ0n) is 12.1. The van der Waals surface area contributed by atoms with Gasteiger partial charge in [0.05, 0.1) is 12.2 Å². The van der Waals surface area contributed by atoms with Gasteiger partial charge in [-0.15, -0.1) is 0 Å². The van der Waals surface area contributed by atoms with Gasteiger partial charge in [-0.2, -0.15) is 0 Å². The molecule has 0 aliphatic heterocycles. The third kappa shape index (κ3) is 5.46. The van der Waals surface area contributed by atoms with Crippen molar-refractivity contribution in [2.75, 3.05) is 51.6 Å². The number of nitrogen functional groups attached to an aromatic ring is 1. The lowest BCUT2D eigenvalue weighted by Crippen LogP contribution is -2.28. The van der Waals surface area contributed by atoms with Gasteiger partial charge in [-0.05, 0) is 24.6 Å². The number of benzene rings is 1. The molecular weight excluding hydrogens is 258 g/mol. The summed E-state index contributed by atoms with van der Waals surface area (Å²) in [6.45, 7) is 2.35. The molecule has 6 nitrogen and oxygen atoms in total. The molecule has 0 aliphatic rings. The number of carbonyl (C=O) groups excluding carboxylic acids is 1. The standard InChI is InChI=1S/C14H23N3O3/c1-19-8-3-6-16-13-5-4-11(15)10-12(13)14(18)17-7-9-20-2/h4-5,10,16H,3,6-9,15H2,1-2H3,(H,17,18). The third-order valence-corrected chi connectivity index (χ3v) is 2.72. The van der Waals surface area contributed by atoms with Crippen LogP contribution in [0.15, 0.2) is 18.2 Å². The van der Waals surface area contributed by atoms with Crippen molar-refractivity contribution < 1.29 is 14.3 Å². The van der Waals surface area contributed by atoms with Gasteiger partial charge in [0.2, 0.25) is 0 Å². The molecule has 0 fully saturated rings. The first-order chi connectivity index (χ1) is 9.69. The van der Waals surface area contributed by atoms with Crippen molar-refractivity contribution in [3.8, 4) is 0 Å². The molecule has 0 spiro atoms. The van der Waals surface area contributed by atoms with Crippen LogP contribution < -0.4 is 16.4 Å². The Kier molecular flexibility index (Phi) is 7.46. The largest absolute Gasteiger partial charge is 0.399 e. The molecule has 0 saturated heterocycles. The molecule has 0 heterocycles. The van der Waals surface area contributed by atoms with Crippen molar-refractivity contribution in [1.29, 1.82) is 0 Å². The maximum atomic E-state index is 12.1. The minimum absolute atomic E-state index is 0.163. The van der Waals surface area contributed by atoms with Crippen LogP contribution in [0.25, 0.3) is 0 Å². The summed E-state index contributed by atoms with van der Waals surface area (Å²) in [5, 5.41) is 6.00. The molecule has 1 amide bonds.